The van der Waals surface area contributed by atoms with E-state index in [9.17, 15) is 19.2 Å². The van der Waals surface area contributed by atoms with E-state index >= 15 is 0 Å². The van der Waals surface area contributed by atoms with E-state index in [2.05, 4.69) is 13.8 Å². The van der Waals surface area contributed by atoms with Crippen LogP contribution in [0, 0.1) is 11.8 Å². The first-order valence-corrected chi connectivity index (χ1v) is 9.13. The highest BCUT2D eigenvalue weighted by atomic mass is 16.2. The fraction of sp³-hybridized carbons (Fsp3) is 0.778. The molecule has 3 unspecified atom stereocenters. The van der Waals surface area contributed by atoms with E-state index in [1.54, 1.807) is 16.7 Å². The van der Waals surface area contributed by atoms with Gasteiger partial charge in [0.2, 0.25) is 17.7 Å². The molecule has 7 heteroatoms. The molecule has 0 aromatic rings. The summed E-state index contributed by atoms with van der Waals surface area (Å²) in [5, 5.41) is 0. The molecular formula is C18H29N3O4. The molecule has 25 heavy (non-hydrogen) atoms. The Labute approximate surface area is 148 Å². The van der Waals surface area contributed by atoms with Gasteiger partial charge >= 0.3 is 0 Å². The Balaban J connectivity index is 1.96. The van der Waals surface area contributed by atoms with E-state index in [0.717, 1.165) is 6.42 Å². The summed E-state index contributed by atoms with van der Waals surface area (Å²) in [7, 11) is 0. The average molecular weight is 351 g/mol. The molecule has 0 aromatic heterocycles. The highest BCUT2D eigenvalue weighted by molar-refractivity contribution is 5.97. The minimum atomic E-state index is -0.514. The quantitative estimate of drug-likeness (QED) is 0.730. The van der Waals surface area contributed by atoms with E-state index < -0.39 is 11.9 Å². The molecule has 2 N–H and O–H groups in total. The van der Waals surface area contributed by atoms with Gasteiger partial charge in [0.05, 0.1) is 12.6 Å². The molecule has 0 aliphatic carbocycles. The van der Waals surface area contributed by atoms with Crippen LogP contribution >= 0.6 is 0 Å². The van der Waals surface area contributed by atoms with Gasteiger partial charge in [0.1, 0.15) is 6.04 Å². The summed E-state index contributed by atoms with van der Waals surface area (Å²) >= 11 is 0. The van der Waals surface area contributed by atoms with E-state index in [1.165, 1.54) is 0 Å². The number of carbonyl (C=O) groups excluding carboxylic acids is 4. The number of hydrogen-bond acceptors (Lipinski definition) is 4. The molecule has 0 bridgehead atoms. The first kappa shape index (κ1) is 19.4. The Morgan fingerprint density at radius 2 is 1.68 bits per heavy atom. The second-order valence-corrected chi connectivity index (χ2v) is 7.65. The van der Waals surface area contributed by atoms with Gasteiger partial charge in [0, 0.05) is 25.3 Å². The second-order valence-electron chi connectivity index (χ2n) is 7.65. The molecule has 2 heterocycles. The smallest absolute Gasteiger partial charge is 0.223 e. The second kappa shape index (κ2) is 7.97. The zero-order chi connectivity index (χ0) is 18.7. The number of carbonyl (C=O) groups is 4. The first-order valence-electron chi connectivity index (χ1n) is 9.13. The summed E-state index contributed by atoms with van der Waals surface area (Å²) in [5.74, 6) is -0.540. The lowest BCUT2D eigenvalue weighted by Gasteiger charge is -2.25. The molecule has 2 saturated heterocycles. The molecule has 140 valence electrons. The van der Waals surface area contributed by atoms with Crippen molar-refractivity contribution >= 4 is 23.5 Å². The number of nitrogens with zero attached hydrogens (tertiary/aromatic N) is 2. The molecule has 0 spiro atoms. The zero-order valence-electron chi connectivity index (χ0n) is 15.4. The van der Waals surface area contributed by atoms with Crippen LogP contribution in [0.5, 0.6) is 0 Å². The zero-order valence-corrected chi connectivity index (χ0v) is 15.4. The third-order valence-electron chi connectivity index (χ3n) is 5.28. The van der Waals surface area contributed by atoms with Crippen molar-refractivity contribution in [3.05, 3.63) is 0 Å². The molecule has 2 aliphatic heterocycles. The summed E-state index contributed by atoms with van der Waals surface area (Å²) in [6.45, 7) is 6.41. The molecule has 3 atom stereocenters. The first-order chi connectivity index (χ1) is 11.7. The molecule has 3 amide bonds. The highest BCUT2D eigenvalue weighted by Gasteiger charge is 2.50. The Morgan fingerprint density at radius 1 is 1.08 bits per heavy atom. The third kappa shape index (κ3) is 4.38. The Morgan fingerprint density at radius 3 is 2.28 bits per heavy atom. The minimum absolute atomic E-state index is 0.00574. The van der Waals surface area contributed by atoms with Crippen LogP contribution in [-0.4, -0.2) is 58.5 Å². The highest BCUT2D eigenvalue weighted by Crippen LogP contribution is 2.31. The molecule has 2 rings (SSSR count). The average Bonchev–Trinajstić information content (AvgIpc) is 3.11. The normalized spacial score (nSPS) is 23.9. The van der Waals surface area contributed by atoms with Crippen LogP contribution in [0.3, 0.4) is 0 Å². The van der Waals surface area contributed by atoms with Gasteiger partial charge in [-0.1, -0.05) is 20.8 Å². The van der Waals surface area contributed by atoms with E-state index in [1.807, 2.05) is 0 Å². The van der Waals surface area contributed by atoms with Crippen molar-refractivity contribution in [1.29, 1.82) is 0 Å². The Bertz CT molecular complexity index is 561. The van der Waals surface area contributed by atoms with Gasteiger partial charge in [-0.25, -0.2) is 0 Å². The van der Waals surface area contributed by atoms with Gasteiger partial charge in [0.15, 0.2) is 5.78 Å². The van der Waals surface area contributed by atoms with Crippen molar-refractivity contribution in [1.82, 2.24) is 9.80 Å². The van der Waals surface area contributed by atoms with Gasteiger partial charge in [-0.2, -0.15) is 0 Å². The maximum Gasteiger partial charge on any atom is 0.223 e. The van der Waals surface area contributed by atoms with Crippen LogP contribution < -0.4 is 5.73 Å². The topological polar surface area (TPSA) is 101 Å². The predicted octanol–water partition coefficient (Wildman–Crippen LogP) is 0.705. The number of ketones is 1. The summed E-state index contributed by atoms with van der Waals surface area (Å²) in [6, 6.07) is -0.705. The van der Waals surface area contributed by atoms with Gasteiger partial charge in [0.25, 0.3) is 0 Å². The standard InChI is InChI=1S/C18H29N3O4/c1-11(2)4-6-16(24)21-10-14(22)17-13(21)8-9-20(17)15(23)7-5-12(3)18(19)25/h11-13,17H,4-10H2,1-3H3,(H2,19,25). The molecular weight excluding hydrogens is 322 g/mol. The number of amides is 3. The molecule has 0 radical (unpaired) electrons. The molecule has 2 aliphatic rings. The lowest BCUT2D eigenvalue weighted by atomic mass is 10.0. The van der Waals surface area contributed by atoms with Gasteiger partial charge < -0.3 is 15.5 Å². The van der Waals surface area contributed by atoms with Crippen LogP contribution in [-0.2, 0) is 19.2 Å². The van der Waals surface area contributed by atoms with Crippen LogP contribution in [0.1, 0.15) is 52.9 Å². The Hall–Kier alpha value is -1.92. The van der Waals surface area contributed by atoms with Gasteiger partial charge in [-0.05, 0) is 25.2 Å². The van der Waals surface area contributed by atoms with E-state index in [0.29, 0.717) is 31.7 Å². The molecule has 7 nitrogen and oxygen atoms in total. The van der Waals surface area contributed by atoms with Crippen molar-refractivity contribution in [2.45, 2.75) is 65.0 Å². The monoisotopic (exact) mass is 351 g/mol. The number of primary amides is 1. The number of hydrogen-bond donors (Lipinski definition) is 1. The number of Topliss-reactive ketones (excluding diaryl/α,β-unsaturated/α-hetero) is 1. The van der Waals surface area contributed by atoms with Crippen molar-refractivity contribution < 1.29 is 19.2 Å². The van der Waals surface area contributed by atoms with Crippen molar-refractivity contribution in [3.8, 4) is 0 Å². The van der Waals surface area contributed by atoms with Crippen molar-refractivity contribution in [2.24, 2.45) is 17.6 Å². The van der Waals surface area contributed by atoms with Gasteiger partial charge in [-0.15, -0.1) is 0 Å². The Kier molecular flexibility index (Phi) is 6.19. The van der Waals surface area contributed by atoms with Crippen LogP contribution in [0.2, 0.25) is 0 Å². The third-order valence-corrected chi connectivity index (χ3v) is 5.28. The minimum Gasteiger partial charge on any atom is -0.369 e. The summed E-state index contributed by atoms with van der Waals surface area (Å²) in [5.41, 5.74) is 5.22. The van der Waals surface area contributed by atoms with Crippen molar-refractivity contribution in [2.75, 3.05) is 13.1 Å². The molecule has 0 aromatic carbocycles. The van der Waals surface area contributed by atoms with E-state index in [4.69, 9.17) is 5.73 Å². The molecule has 0 saturated carbocycles. The number of fused-ring (bicyclic) bond motifs is 1. The number of nitrogens with two attached hydrogens (primary N) is 1. The van der Waals surface area contributed by atoms with Crippen LogP contribution in [0.15, 0.2) is 0 Å². The number of rotatable bonds is 7. The SMILES string of the molecule is CC(C)CCC(=O)N1CC(=O)C2C1CCN2C(=O)CCC(C)C(N)=O. The van der Waals surface area contributed by atoms with Gasteiger partial charge in [-0.3, -0.25) is 19.2 Å². The van der Waals surface area contributed by atoms with Crippen molar-refractivity contribution in [3.63, 3.8) is 0 Å². The summed E-state index contributed by atoms with van der Waals surface area (Å²) < 4.78 is 0. The van der Waals surface area contributed by atoms with E-state index in [-0.39, 0.29) is 42.5 Å². The largest absolute Gasteiger partial charge is 0.369 e. The van der Waals surface area contributed by atoms with Crippen LogP contribution in [0.25, 0.3) is 0 Å². The van der Waals surface area contributed by atoms with Crippen LogP contribution in [0.4, 0.5) is 0 Å². The predicted molar refractivity (Wildman–Crippen MR) is 92.3 cm³/mol. The summed E-state index contributed by atoms with van der Waals surface area (Å²) in [4.78, 5) is 51.7. The maximum absolute atomic E-state index is 12.5. The number of likely N-dealkylation sites (tertiary alicyclic amines) is 2. The summed E-state index contributed by atoms with van der Waals surface area (Å²) in [6.07, 6.45) is 2.46. The lowest BCUT2D eigenvalue weighted by Crippen LogP contribution is -2.43. The fourth-order valence-electron chi connectivity index (χ4n) is 3.60. The fourth-order valence-corrected chi connectivity index (χ4v) is 3.60. The lowest BCUT2D eigenvalue weighted by molar-refractivity contribution is -0.136. The molecule has 2 fully saturated rings. The maximum atomic E-state index is 12.5.